The lowest BCUT2D eigenvalue weighted by molar-refractivity contribution is -0.0568. The van der Waals surface area contributed by atoms with Crippen molar-refractivity contribution in [2.75, 3.05) is 6.61 Å². The highest BCUT2D eigenvalue weighted by molar-refractivity contribution is 9.10. The van der Waals surface area contributed by atoms with Gasteiger partial charge in [-0.3, -0.25) is 4.68 Å². The second-order valence-electron chi connectivity index (χ2n) is 5.12. The highest BCUT2D eigenvalue weighted by atomic mass is 79.9. The monoisotopic (exact) mass is 332 g/mol. The lowest BCUT2D eigenvalue weighted by atomic mass is 9.98. The fourth-order valence-electron chi connectivity index (χ4n) is 2.30. The van der Waals surface area contributed by atoms with Crippen molar-refractivity contribution in [2.24, 2.45) is 13.0 Å². The Kier molecular flexibility index (Phi) is 6.50. The SMILES string of the molecule is CCOC(C(C)C)C(O)Cc1c(Br)c(CC)nn1C. The molecule has 0 aliphatic heterocycles. The molecule has 0 spiro atoms. The molecule has 0 amide bonds. The van der Waals surface area contributed by atoms with Crippen LogP contribution in [0.4, 0.5) is 0 Å². The van der Waals surface area contributed by atoms with E-state index in [-0.39, 0.29) is 12.0 Å². The molecule has 0 radical (unpaired) electrons. The van der Waals surface area contributed by atoms with Gasteiger partial charge in [0.05, 0.1) is 28.1 Å². The molecule has 0 aromatic carbocycles. The van der Waals surface area contributed by atoms with Gasteiger partial charge < -0.3 is 9.84 Å². The van der Waals surface area contributed by atoms with Crippen LogP contribution < -0.4 is 0 Å². The van der Waals surface area contributed by atoms with Crippen molar-refractivity contribution in [3.05, 3.63) is 15.9 Å². The number of aliphatic hydroxyl groups is 1. The third kappa shape index (κ3) is 4.04. The standard InChI is InChI=1S/C14H25BrN2O2/c1-6-10-13(15)11(17(5)16-10)8-12(18)14(9(3)4)19-7-2/h9,12,14,18H,6-8H2,1-5H3. The minimum atomic E-state index is -0.517. The average molecular weight is 333 g/mol. The molecule has 2 atom stereocenters. The Morgan fingerprint density at radius 3 is 2.42 bits per heavy atom. The Balaban J connectivity index is 2.86. The molecule has 1 N–H and O–H groups in total. The molecule has 1 aromatic rings. The molecule has 0 fully saturated rings. The molecule has 1 heterocycles. The summed E-state index contributed by atoms with van der Waals surface area (Å²) >= 11 is 3.58. The summed E-state index contributed by atoms with van der Waals surface area (Å²) in [5, 5.41) is 14.9. The molecule has 19 heavy (non-hydrogen) atoms. The highest BCUT2D eigenvalue weighted by Gasteiger charge is 2.26. The Morgan fingerprint density at radius 2 is 2.00 bits per heavy atom. The fourth-order valence-corrected chi connectivity index (χ4v) is 3.07. The van der Waals surface area contributed by atoms with Crippen LogP contribution in [0.1, 0.15) is 39.1 Å². The topological polar surface area (TPSA) is 47.3 Å². The zero-order valence-corrected chi connectivity index (χ0v) is 14.1. The smallest absolute Gasteiger partial charge is 0.0860 e. The molecule has 1 rings (SSSR count). The average Bonchev–Trinajstić information content (AvgIpc) is 2.62. The van der Waals surface area contributed by atoms with Gasteiger partial charge in [0.2, 0.25) is 0 Å². The van der Waals surface area contributed by atoms with E-state index in [1.807, 2.05) is 18.7 Å². The first-order valence-electron chi connectivity index (χ1n) is 6.92. The summed E-state index contributed by atoms with van der Waals surface area (Å²) < 4.78 is 8.51. The van der Waals surface area contributed by atoms with Gasteiger partial charge in [0, 0.05) is 20.1 Å². The lowest BCUT2D eigenvalue weighted by Gasteiger charge is -2.26. The maximum absolute atomic E-state index is 10.4. The van der Waals surface area contributed by atoms with Crippen LogP contribution in [-0.2, 0) is 24.6 Å². The van der Waals surface area contributed by atoms with Crippen molar-refractivity contribution in [3.8, 4) is 0 Å². The Bertz CT molecular complexity index is 404. The van der Waals surface area contributed by atoms with Crippen molar-refractivity contribution < 1.29 is 9.84 Å². The van der Waals surface area contributed by atoms with Crippen LogP contribution in [0.5, 0.6) is 0 Å². The predicted octanol–water partition coefficient (Wildman–Crippen LogP) is 2.71. The van der Waals surface area contributed by atoms with Gasteiger partial charge in [-0.2, -0.15) is 5.10 Å². The van der Waals surface area contributed by atoms with Crippen LogP contribution in [0, 0.1) is 5.92 Å². The van der Waals surface area contributed by atoms with Gasteiger partial charge in [0.15, 0.2) is 0 Å². The lowest BCUT2D eigenvalue weighted by Crippen LogP contribution is -2.35. The molecule has 1 aromatic heterocycles. The van der Waals surface area contributed by atoms with E-state index < -0.39 is 6.10 Å². The van der Waals surface area contributed by atoms with Crippen LogP contribution >= 0.6 is 15.9 Å². The van der Waals surface area contributed by atoms with E-state index in [0.717, 1.165) is 22.3 Å². The van der Waals surface area contributed by atoms with Crippen LogP contribution in [0.25, 0.3) is 0 Å². The number of aryl methyl sites for hydroxylation is 2. The van der Waals surface area contributed by atoms with E-state index in [9.17, 15) is 5.11 Å². The first kappa shape index (κ1) is 16.7. The highest BCUT2D eigenvalue weighted by Crippen LogP contribution is 2.24. The number of aromatic nitrogens is 2. The molecule has 0 saturated carbocycles. The van der Waals surface area contributed by atoms with Crippen LogP contribution in [0.2, 0.25) is 0 Å². The van der Waals surface area contributed by atoms with Crippen molar-refractivity contribution in [1.29, 1.82) is 0 Å². The van der Waals surface area contributed by atoms with Crippen molar-refractivity contribution in [2.45, 2.75) is 52.7 Å². The second kappa shape index (κ2) is 7.41. The van der Waals surface area contributed by atoms with Crippen molar-refractivity contribution in [3.63, 3.8) is 0 Å². The third-order valence-electron chi connectivity index (χ3n) is 3.30. The summed E-state index contributed by atoms with van der Waals surface area (Å²) in [6.07, 6.45) is 0.768. The van der Waals surface area contributed by atoms with Gasteiger partial charge in [0.1, 0.15) is 0 Å². The minimum Gasteiger partial charge on any atom is -0.390 e. The molecular formula is C14H25BrN2O2. The molecule has 0 aliphatic carbocycles. The van der Waals surface area contributed by atoms with E-state index in [0.29, 0.717) is 13.0 Å². The number of hydrogen-bond donors (Lipinski definition) is 1. The zero-order valence-electron chi connectivity index (χ0n) is 12.5. The summed E-state index contributed by atoms with van der Waals surface area (Å²) in [7, 11) is 1.91. The number of rotatable bonds is 7. The molecular weight excluding hydrogens is 308 g/mol. The van der Waals surface area contributed by atoms with Crippen LogP contribution in [0.3, 0.4) is 0 Å². The van der Waals surface area contributed by atoms with E-state index in [2.05, 4.69) is 41.8 Å². The van der Waals surface area contributed by atoms with Crippen molar-refractivity contribution >= 4 is 15.9 Å². The first-order valence-corrected chi connectivity index (χ1v) is 7.71. The van der Waals surface area contributed by atoms with Crippen LogP contribution in [0.15, 0.2) is 4.47 Å². The first-order chi connectivity index (χ1) is 8.92. The van der Waals surface area contributed by atoms with E-state index in [1.165, 1.54) is 0 Å². The van der Waals surface area contributed by atoms with E-state index in [1.54, 1.807) is 0 Å². The maximum Gasteiger partial charge on any atom is 0.0860 e. The number of ether oxygens (including phenoxy) is 1. The molecule has 5 heteroatoms. The Labute approximate surface area is 124 Å². The Hall–Kier alpha value is -0.390. The molecule has 0 saturated heterocycles. The normalized spacial score (nSPS) is 14.9. The van der Waals surface area contributed by atoms with Crippen molar-refractivity contribution in [1.82, 2.24) is 9.78 Å². The summed E-state index contributed by atoms with van der Waals surface area (Å²) in [6.45, 7) is 8.78. The maximum atomic E-state index is 10.4. The van der Waals surface area contributed by atoms with Gasteiger partial charge in [-0.15, -0.1) is 0 Å². The Morgan fingerprint density at radius 1 is 1.37 bits per heavy atom. The second-order valence-corrected chi connectivity index (χ2v) is 5.91. The fraction of sp³-hybridized carbons (Fsp3) is 0.786. The minimum absolute atomic E-state index is 0.142. The van der Waals surface area contributed by atoms with Gasteiger partial charge >= 0.3 is 0 Å². The molecule has 0 aliphatic rings. The summed E-state index contributed by atoms with van der Waals surface area (Å²) in [4.78, 5) is 0. The third-order valence-corrected chi connectivity index (χ3v) is 4.22. The number of halogens is 1. The summed E-state index contributed by atoms with van der Waals surface area (Å²) in [5.74, 6) is 0.285. The number of hydrogen-bond acceptors (Lipinski definition) is 3. The largest absolute Gasteiger partial charge is 0.390 e. The van der Waals surface area contributed by atoms with Gasteiger partial charge in [-0.25, -0.2) is 0 Å². The van der Waals surface area contributed by atoms with E-state index in [4.69, 9.17) is 4.74 Å². The number of aliphatic hydroxyl groups excluding tert-OH is 1. The van der Waals surface area contributed by atoms with Gasteiger partial charge in [-0.1, -0.05) is 20.8 Å². The van der Waals surface area contributed by atoms with E-state index >= 15 is 0 Å². The predicted molar refractivity (Wildman–Crippen MR) is 80.2 cm³/mol. The summed E-state index contributed by atoms with van der Waals surface area (Å²) in [6, 6.07) is 0. The zero-order chi connectivity index (χ0) is 14.6. The molecule has 4 nitrogen and oxygen atoms in total. The molecule has 2 unspecified atom stereocenters. The number of nitrogens with zero attached hydrogens (tertiary/aromatic N) is 2. The van der Waals surface area contributed by atoms with Gasteiger partial charge in [0.25, 0.3) is 0 Å². The summed E-state index contributed by atoms with van der Waals surface area (Å²) in [5.41, 5.74) is 2.05. The molecule has 110 valence electrons. The molecule has 0 bridgehead atoms. The quantitative estimate of drug-likeness (QED) is 0.835. The van der Waals surface area contributed by atoms with Crippen LogP contribution in [-0.4, -0.2) is 33.7 Å². The van der Waals surface area contributed by atoms with Gasteiger partial charge in [-0.05, 0) is 35.2 Å².